The zero-order chi connectivity index (χ0) is 22.4. The molecule has 7 nitrogen and oxygen atoms in total. The number of nitrogens with one attached hydrogen (secondary N) is 1. The first-order valence-corrected chi connectivity index (χ1v) is 11.0. The maximum atomic E-state index is 13.3. The topological polar surface area (TPSA) is 84.9 Å². The van der Waals surface area contributed by atoms with Crippen LogP contribution in [0.2, 0.25) is 0 Å². The van der Waals surface area contributed by atoms with Crippen molar-refractivity contribution in [1.82, 2.24) is 0 Å². The maximum absolute atomic E-state index is 13.3. The Morgan fingerprint density at radius 2 is 1.61 bits per heavy atom. The van der Waals surface area contributed by atoms with Gasteiger partial charge in [0, 0.05) is 6.07 Å². The van der Waals surface area contributed by atoms with Gasteiger partial charge in [0.15, 0.2) is 0 Å². The Morgan fingerprint density at radius 3 is 2.23 bits per heavy atom. The minimum Gasteiger partial charge on any atom is -0.497 e. The molecule has 1 amide bonds. The van der Waals surface area contributed by atoms with Crippen LogP contribution in [-0.2, 0) is 14.8 Å². The molecular formula is C23H24N2O5S. The molecule has 0 aliphatic rings. The van der Waals surface area contributed by atoms with E-state index in [2.05, 4.69) is 5.32 Å². The fraction of sp³-hybridized carbons (Fsp3) is 0.174. The molecule has 0 spiro atoms. The van der Waals surface area contributed by atoms with Gasteiger partial charge in [-0.25, -0.2) is 8.42 Å². The van der Waals surface area contributed by atoms with Crippen LogP contribution in [0, 0.1) is 6.92 Å². The Labute approximate surface area is 182 Å². The van der Waals surface area contributed by atoms with E-state index in [1.165, 1.54) is 26.4 Å². The number of ether oxygens (including phenoxy) is 2. The van der Waals surface area contributed by atoms with Crippen molar-refractivity contribution in [3.8, 4) is 11.5 Å². The number of amides is 1. The molecule has 31 heavy (non-hydrogen) atoms. The number of methoxy groups -OCH3 is 2. The van der Waals surface area contributed by atoms with E-state index in [1.54, 1.807) is 60.7 Å². The molecule has 3 aromatic rings. The number of sulfonamides is 1. The molecule has 0 bridgehead atoms. The van der Waals surface area contributed by atoms with Crippen LogP contribution in [-0.4, -0.2) is 35.1 Å². The average Bonchev–Trinajstić information content (AvgIpc) is 2.78. The normalized spacial score (nSPS) is 10.9. The highest BCUT2D eigenvalue weighted by Crippen LogP contribution is 2.29. The highest BCUT2D eigenvalue weighted by Gasteiger charge is 2.27. The summed E-state index contributed by atoms with van der Waals surface area (Å²) in [5, 5.41) is 2.72. The van der Waals surface area contributed by atoms with Crippen molar-refractivity contribution in [2.45, 2.75) is 11.8 Å². The van der Waals surface area contributed by atoms with Gasteiger partial charge in [-0.05, 0) is 43.3 Å². The van der Waals surface area contributed by atoms with Gasteiger partial charge in [0.25, 0.3) is 10.0 Å². The van der Waals surface area contributed by atoms with Gasteiger partial charge >= 0.3 is 0 Å². The number of hydrogen-bond acceptors (Lipinski definition) is 5. The van der Waals surface area contributed by atoms with E-state index in [0.29, 0.717) is 22.9 Å². The third-order valence-electron chi connectivity index (χ3n) is 4.62. The number of carbonyl (C=O) groups excluding carboxylic acids is 1. The lowest BCUT2D eigenvalue weighted by molar-refractivity contribution is -0.114. The van der Waals surface area contributed by atoms with Crippen LogP contribution >= 0.6 is 0 Å². The second kappa shape index (κ2) is 9.53. The monoisotopic (exact) mass is 440 g/mol. The molecular weight excluding hydrogens is 416 g/mol. The van der Waals surface area contributed by atoms with Gasteiger partial charge < -0.3 is 14.8 Å². The SMILES string of the molecule is COc1ccc(OC)c(NC(=O)CN(c2ccc(C)cc2)S(=O)(=O)c2ccccc2)c1. The predicted octanol–water partition coefficient (Wildman–Crippen LogP) is 3.85. The first-order valence-electron chi connectivity index (χ1n) is 9.51. The quantitative estimate of drug-likeness (QED) is 0.575. The zero-order valence-electron chi connectivity index (χ0n) is 17.5. The number of nitrogens with zero attached hydrogens (tertiary/aromatic N) is 1. The molecule has 0 saturated carbocycles. The summed E-state index contributed by atoms with van der Waals surface area (Å²) in [6.07, 6.45) is 0. The lowest BCUT2D eigenvalue weighted by atomic mass is 10.2. The Kier molecular flexibility index (Phi) is 6.81. The van der Waals surface area contributed by atoms with Crippen LogP contribution in [0.3, 0.4) is 0 Å². The Hall–Kier alpha value is -3.52. The van der Waals surface area contributed by atoms with Crippen molar-refractivity contribution in [2.75, 3.05) is 30.4 Å². The molecule has 0 heterocycles. The van der Waals surface area contributed by atoms with E-state index in [-0.39, 0.29) is 4.90 Å². The lowest BCUT2D eigenvalue weighted by Gasteiger charge is -2.24. The molecule has 0 atom stereocenters. The van der Waals surface area contributed by atoms with E-state index in [4.69, 9.17) is 9.47 Å². The van der Waals surface area contributed by atoms with Crippen molar-refractivity contribution >= 4 is 27.3 Å². The summed E-state index contributed by atoms with van der Waals surface area (Å²) in [4.78, 5) is 13.0. The summed E-state index contributed by atoms with van der Waals surface area (Å²) >= 11 is 0. The second-order valence-electron chi connectivity index (χ2n) is 6.77. The molecule has 0 unspecified atom stereocenters. The van der Waals surface area contributed by atoms with E-state index >= 15 is 0 Å². The van der Waals surface area contributed by atoms with Crippen LogP contribution in [0.15, 0.2) is 77.7 Å². The van der Waals surface area contributed by atoms with Crippen molar-refractivity contribution in [3.05, 3.63) is 78.4 Å². The molecule has 0 fully saturated rings. The van der Waals surface area contributed by atoms with E-state index in [1.807, 2.05) is 6.92 Å². The van der Waals surface area contributed by atoms with Crippen LogP contribution < -0.4 is 19.1 Å². The summed E-state index contributed by atoms with van der Waals surface area (Å²) in [5.41, 5.74) is 1.75. The molecule has 0 radical (unpaired) electrons. The zero-order valence-corrected chi connectivity index (χ0v) is 18.3. The summed E-state index contributed by atoms with van der Waals surface area (Å²) in [6, 6.07) is 19.9. The van der Waals surface area contributed by atoms with Gasteiger partial charge in [-0.3, -0.25) is 9.10 Å². The van der Waals surface area contributed by atoms with Crippen LogP contribution in [0.25, 0.3) is 0 Å². The second-order valence-corrected chi connectivity index (χ2v) is 8.64. The number of benzene rings is 3. The molecule has 3 aromatic carbocycles. The molecule has 0 aliphatic heterocycles. The standard InChI is InChI=1S/C23H24N2O5S/c1-17-9-11-18(12-10-17)25(31(27,28)20-7-5-4-6-8-20)16-23(26)24-21-15-19(29-2)13-14-22(21)30-3/h4-15H,16H2,1-3H3,(H,24,26). The van der Waals surface area contributed by atoms with Gasteiger partial charge in [-0.1, -0.05) is 35.9 Å². The maximum Gasteiger partial charge on any atom is 0.264 e. The third kappa shape index (κ3) is 5.16. The average molecular weight is 441 g/mol. The van der Waals surface area contributed by atoms with E-state index in [0.717, 1.165) is 9.87 Å². The molecule has 8 heteroatoms. The van der Waals surface area contributed by atoms with Gasteiger partial charge in [0.1, 0.15) is 18.0 Å². The first kappa shape index (κ1) is 22.2. The predicted molar refractivity (Wildman–Crippen MR) is 120 cm³/mol. The summed E-state index contributed by atoms with van der Waals surface area (Å²) in [5.74, 6) is 0.442. The summed E-state index contributed by atoms with van der Waals surface area (Å²) in [6.45, 7) is 1.49. The van der Waals surface area contributed by atoms with Crippen molar-refractivity contribution in [2.24, 2.45) is 0 Å². The van der Waals surface area contributed by atoms with E-state index < -0.39 is 22.5 Å². The number of carbonyl (C=O) groups is 1. The third-order valence-corrected chi connectivity index (χ3v) is 6.41. The van der Waals surface area contributed by atoms with E-state index in [9.17, 15) is 13.2 Å². The fourth-order valence-corrected chi connectivity index (χ4v) is 4.42. The number of anilines is 2. The van der Waals surface area contributed by atoms with Gasteiger partial charge in [-0.15, -0.1) is 0 Å². The largest absolute Gasteiger partial charge is 0.497 e. The minimum atomic E-state index is -3.97. The molecule has 0 saturated heterocycles. The van der Waals surface area contributed by atoms with Gasteiger partial charge in [-0.2, -0.15) is 0 Å². The van der Waals surface area contributed by atoms with Crippen molar-refractivity contribution in [1.29, 1.82) is 0 Å². The Balaban J connectivity index is 1.94. The summed E-state index contributed by atoms with van der Waals surface area (Å²) in [7, 11) is -0.971. The van der Waals surface area contributed by atoms with Crippen LogP contribution in [0.5, 0.6) is 11.5 Å². The highest BCUT2D eigenvalue weighted by atomic mass is 32.2. The highest BCUT2D eigenvalue weighted by molar-refractivity contribution is 7.92. The smallest absolute Gasteiger partial charge is 0.264 e. The van der Waals surface area contributed by atoms with Crippen LogP contribution in [0.1, 0.15) is 5.56 Å². The van der Waals surface area contributed by atoms with Gasteiger partial charge in [0.05, 0.1) is 30.5 Å². The number of rotatable bonds is 8. The Bertz CT molecular complexity index is 1150. The molecule has 0 aromatic heterocycles. The summed E-state index contributed by atoms with van der Waals surface area (Å²) < 4.78 is 38.2. The number of aryl methyl sites for hydroxylation is 1. The molecule has 0 aliphatic carbocycles. The Morgan fingerprint density at radius 1 is 0.935 bits per heavy atom. The van der Waals surface area contributed by atoms with Crippen molar-refractivity contribution < 1.29 is 22.7 Å². The molecule has 1 N–H and O–H groups in total. The fourth-order valence-electron chi connectivity index (χ4n) is 2.98. The molecule has 3 rings (SSSR count). The number of hydrogen-bond donors (Lipinski definition) is 1. The molecule has 162 valence electrons. The van der Waals surface area contributed by atoms with Crippen molar-refractivity contribution in [3.63, 3.8) is 0 Å². The first-order chi connectivity index (χ1) is 14.8. The lowest BCUT2D eigenvalue weighted by Crippen LogP contribution is -2.38. The van der Waals surface area contributed by atoms with Gasteiger partial charge in [0.2, 0.25) is 5.91 Å². The minimum absolute atomic E-state index is 0.0994. The van der Waals surface area contributed by atoms with Crippen LogP contribution in [0.4, 0.5) is 11.4 Å².